The van der Waals surface area contributed by atoms with Crippen molar-refractivity contribution in [2.45, 2.75) is 12.6 Å². The maximum Gasteiger partial charge on any atom is 0.416 e. The van der Waals surface area contributed by atoms with Gasteiger partial charge in [0.15, 0.2) is 0 Å². The Balaban J connectivity index is 1.38. The van der Waals surface area contributed by atoms with E-state index in [1.54, 1.807) is 0 Å². The molecule has 0 aliphatic rings. The molecular weight excluding hydrogens is 407 g/mol. The van der Waals surface area contributed by atoms with E-state index in [1.807, 2.05) is 54.6 Å². The van der Waals surface area contributed by atoms with Crippen LogP contribution < -0.4 is 5.32 Å². The number of aromatic nitrogens is 2. The van der Waals surface area contributed by atoms with Crippen molar-refractivity contribution in [3.8, 4) is 22.6 Å². The molecule has 0 atom stereocenters. The highest BCUT2D eigenvalue weighted by Gasteiger charge is 2.30. The van der Waals surface area contributed by atoms with Gasteiger partial charge in [-0.3, -0.25) is 10.1 Å². The van der Waals surface area contributed by atoms with Gasteiger partial charge in [-0.1, -0.05) is 59.7 Å². The lowest BCUT2D eigenvalue weighted by Crippen LogP contribution is -2.14. The number of nitrogens with zero attached hydrogens (tertiary/aromatic N) is 2. The Hall–Kier alpha value is -3.94. The minimum atomic E-state index is -4.42. The molecule has 1 amide bonds. The maximum absolute atomic E-state index is 12.7. The van der Waals surface area contributed by atoms with E-state index >= 15 is 0 Å². The zero-order valence-corrected chi connectivity index (χ0v) is 16.1. The van der Waals surface area contributed by atoms with Gasteiger partial charge in [-0.25, -0.2) is 0 Å². The Kier molecular flexibility index (Phi) is 5.53. The summed E-state index contributed by atoms with van der Waals surface area (Å²) in [7, 11) is 0. The van der Waals surface area contributed by atoms with E-state index in [0.29, 0.717) is 5.56 Å². The smallest absolute Gasteiger partial charge is 0.403 e. The molecule has 156 valence electrons. The molecule has 0 aliphatic carbocycles. The Bertz CT molecular complexity index is 1170. The molecule has 1 N–H and O–H groups in total. The van der Waals surface area contributed by atoms with Crippen molar-refractivity contribution >= 4 is 11.9 Å². The number of anilines is 1. The average molecular weight is 423 g/mol. The van der Waals surface area contributed by atoms with Crippen molar-refractivity contribution in [1.29, 1.82) is 0 Å². The second-order valence-electron chi connectivity index (χ2n) is 6.78. The molecular formula is C23H16F3N3O2. The number of rotatable bonds is 5. The Morgan fingerprint density at radius 2 is 1.42 bits per heavy atom. The lowest BCUT2D eigenvalue weighted by atomic mass is 10.0. The minimum absolute atomic E-state index is 0.0104. The van der Waals surface area contributed by atoms with Gasteiger partial charge in [0.1, 0.15) is 0 Å². The molecule has 0 fully saturated rings. The van der Waals surface area contributed by atoms with Crippen LogP contribution in [-0.2, 0) is 17.4 Å². The molecule has 0 aliphatic heterocycles. The van der Waals surface area contributed by atoms with Gasteiger partial charge in [0.25, 0.3) is 0 Å². The van der Waals surface area contributed by atoms with Crippen molar-refractivity contribution in [3.63, 3.8) is 0 Å². The molecule has 0 bridgehead atoms. The summed E-state index contributed by atoms with van der Waals surface area (Å²) in [5, 5.41) is 10.0. The van der Waals surface area contributed by atoms with Gasteiger partial charge in [0.2, 0.25) is 11.8 Å². The first-order valence-corrected chi connectivity index (χ1v) is 9.34. The third kappa shape index (κ3) is 4.98. The summed E-state index contributed by atoms with van der Waals surface area (Å²) >= 11 is 0. The third-order valence-electron chi connectivity index (χ3n) is 4.56. The summed E-state index contributed by atoms with van der Waals surface area (Å²) in [6.45, 7) is 0. The fourth-order valence-corrected chi connectivity index (χ4v) is 2.99. The first-order valence-electron chi connectivity index (χ1n) is 9.34. The van der Waals surface area contributed by atoms with E-state index < -0.39 is 11.7 Å². The molecule has 31 heavy (non-hydrogen) atoms. The van der Waals surface area contributed by atoms with Crippen LogP contribution in [-0.4, -0.2) is 16.1 Å². The Morgan fingerprint density at radius 1 is 0.806 bits per heavy atom. The predicted molar refractivity (Wildman–Crippen MR) is 109 cm³/mol. The van der Waals surface area contributed by atoms with Gasteiger partial charge in [-0.05, 0) is 41.0 Å². The van der Waals surface area contributed by atoms with E-state index in [-0.39, 0.29) is 24.2 Å². The second kappa shape index (κ2) is 8.43. The van der Waals surface area contributed by atoms with Crippen molar-refractivity contribution in [3.05, 3.63) is 90.0 Å². The fourth-order valence-electron chi connectivity index (χ4n) is 2.99. The van der Waals surface area contributed by atoms with Crippen LogP contribution in [0.4, 0.5) is 19.2 Å². The number of halogens is 3. The number of amides is 1. The first kappa shape index (κ1) is 20.3. The van der Waals surface area contributed by atoms with Crippen LogP contribution in [0.25, 0.3) is 22.6 Å². The minimum Gasteiger partial charge on any atom is -0.403 e. The standard InChI is InChI=1S/C23H16F3N3O2/c24-23(25,26)19-12-10-18(11-13-19)21-28-29-22(31-21)27-20(30)14-15-6-8-17(9-7-15)16-4-2-1-3-5-16/h1-13H,14H2,(H,27,29,30). The molecule has 0 saturated carbocycles. The van der Waals surface area contributed by atoms with Gasteiger partial charge in [-0.15, -0.1) is 5.10 Å². The SMILES string of the molecule is O=C(Cc1ccc(-c2ccccc2)cc1)Nc1nnc(-c2ccc(C(F)(F)F)cc2)o1. The summed E-state index contributed by atoms with van der Waals surface area (Å²) in [4.78, 5) is 12.3. The van der Waals surface area contributed by atoms with E-state index in [2.05, 4.69) is 15.5 Å². The zero-order valence-electron chi connectivity index (χ0n) is 16.1. The largest absolute Gasteiger partial charge is 0.416 e. The number of alkyl halides is 3. The van der Waals surface area contributed by atoms with Gasteiger partial charge in [0.05, 0.1) is 12.0 Å². The lowest BCUT2D eigenvalue weighted by Gasteiger charge is -2.06. The highest BCUT2D eigenvalue weighted by atomic mass is 19.4. The van der Waals surface area contributed by atoms with Gasteiger partial charge in [-0.2, -0.15) is 13.2 Å². The highest BCUT2D eigenvalue weighted by Crippen LogP contribution is 2.31. The van der Waals surface area contributed by atoms with Crippen molar-refractivity contribution in [2.75, 3.05) is 5.32 Å². The van der Waals surface area contributed by atoms with Crippen LogP contribution >= 0.6 is 0 Å². The van der Waals surface area contributed by atoms with Crippen LogP contribution in [0.1, 0.15) is 11.1 Å². The normalized spacial score (nSPS) is 11.3. The van der Waals surface area contributed by atoms with Crippen molar-refractivity contribution in [1.82, 2.24) is 10.2 Å². The number of nitrogens with one attached hydrogen (secondary N) is 1. The molecule has 8 heteroatoms. The number of hydrogen-bond acceptors (Lipinski definition) is 4. The molecule has 5 nitrogen and oxygen atoms in total. The van der Waals surface area contributed by atoms with Crippen LogP contribution in [0.15, 0.2) is 83.3 Å². The van der Waals surface area contributed by atoms with Crippen molar-refractivity contribution < 1.29 is 22.4 Å². The van der Waals surface area contributed by atoms with E-state index in [4.69, 9.17) is 4.42 Å². The fraction of sp³-hybridized carbons (Fsp3) is 0.0870. The van der Waals surface area contributed by atoms with Crippen LogP contribution in [0.2, 0.25) is 0 Å². The molecule has 1 aromatic heterocycles. The van der Waals surface area contributed by atoms with E-state index in [1.165, 1.54) is 12.1 Å². The van der Waals surface area contributed by atoms with Crippen LogP contribution in [0.3, 0.4) is 0 Å². The third-order valence-corrected chi connectivity index (χ3v) is 4.56. The number of carbonyl (C=O) groups is 1. The summed E-state index contributed by atoms with van der Waals surface area (Å²) < 4.78 is 43.3. The lowest BCUT2D eigenvalue weighted by molar-refractivity contribution is -0.137. The summed E-state index contributed by atoms with van der Waals surface area (Å²) in [6.07, 6.45) is -4.32. The van der Waals surface area contributed by atoms with Gasteiger partial charge < -0.3 is 4.42 Å². The monoisotopic (exact) mass is 423 g/mol. The van der Waals surface area contributed by atoms with Crippen molar-refractivity contribution in [2.24, 2.45) is 0 Å². The number of carbonyl (C=O) groups excluding carboxylic acids is 1. The Morgan fingerprint density at radius 3 is 2.06 bits per heavy atom. The highest BCUT2D eigenvalue weighted by molar-refractivity contribution is 5.90. The number of benzene rings is 3. The first-order chi connectivity index (χ1) is 14.9. The quantitative estimate of drug-likeness (QED) is 0.454. The molecule has 0 radical (unpaired) electrons. The number of hydrogen-bond donors (Lipinski definition) is 1. The molecule has 4 rings (SSSR count). The summed E-state index contributed by atoms with van der Waals surface area (Å²) in [5.41, 5.74) is 2.47. The molecule has 0 unspecified atom stereocenters. The molecule has 3 aromatic carbocycles. The zero-order chi connectivity index (χ0) is 21.8. The average Bonchev–Trinajstić information content (AvgIpc) is 3.23. The summed E-state index contributed by atoms with van der Waals surface area (Å²) in [5.74, 6) is -0.341. The molecule has 1 heterocycles. The predicted octanol–water partition coefficient (Wildman–Crippen LogP) is 5.60. The van der Waals surface area contributed by atoms with E-state index in [9.17, 15) is 18.0 Å². The summed E-state index contributed by atoms with van der Waals surface area (Å²) in [6, 6.07) is 21.7. The van der Waals surface area contributed by atoms with Gasteiger partial charge in [0, 0.05) is 5.56 Å². The Labute approximate surface area is 175 Å². The van der Waals surface area contributed by atoms with Crippen LogP contribution in [0, 0.1) is 0 Å². The van der Waals surface area contributed by atoms with Crippen LogP contribution in [0.5, 0.6) is 0 Å². The maximum atomic E-state index is 12.7. The molecule has 0 spiro atoms. The van der Waals surface area contributed by atoms with E-state index in [0.717, 1.165) is 28.8 Å². The topological polar surface area (TPSA) is 68.0 Å². The molecule has 4 aromatic rings. The van der Waals surface area contributed by atoms with Gasteiger partial charge >= 0.3 is 12.2 Å². The second-order valence-corrected chi connectivity index (χ2v) is 6.78. The molecule has 0 saturated heterocycles.